The molecule has 0 aliphatic carbocycles. The van der Waals surface area contributed by atoms with Crippen LogP contribution in [0.3, 0.4) is 0 Å². The van der Waals surface area contributed by atoms with Crippen LogP contribution in [0.4, 0.5) is 0 Å². The van der Waals surface area contributed by atoms with Crippen LogP contribution in [0.25, 0.3) is 0 Å². The first-order valence-electron chi connectivity index (χ1n) is 6.22. The van der Waals surface area contributed by atoms with E-state index in [2.05, 4.69) is 17.4 Å². The van der Waals surface area contributed by atoms with Gasteiger partial charge < -0.3 is 15.2 Å². The van der Waals surface area contributed by atoms with Crippen molar-refractivity contribution in [2.45, 2.75) is 32.4 Å². The topological polar surface area (TPSA) is 58.6 Å². The van der Waals surface area contributed by atoms with Gasteiger partial charge in [-0.3, -0.25) is 4.79 Å². The van der Waals surface area contributed by atoms with Crippen molar-refractivity contribution in [2.24, 2.45) is 0 Å². The highest BCUT2D eigenvalue weighted by molar-refractivity contribution is 5.66. The predicted molar refractivity (Wildman–Crippen MR) is 70.3 cm³/mol. The molecule has 100 valence electrons. The largest absolute Gasteiger partial charge is 0.481 e. The minimum Gasteiger partial charge on any atom is -0.481 e. The van der Waals surface area contributed by atoms with Gasteiger partial charge in [-0.05, 0) is 30.5 Å². The molecule has 0 aliphatic rings. The van der Waals surface area contributed by atoms with E-state index >= 15 is 0 Å². The smallest absolute Gasteiger partial charge is 0.303 e. The fraction of sp³-hybridized carbons (Fsp3) is 0.500. The summed E-state index contributed by atoms with van der Waals surface area (Å²) in [6.07, 6.45) is 1.86. The van der Waals surface area contributed by atoms with Crippen molar-refractivity contribution in [3.05, 3.63) is 35.4 Å². The zero-order chi connectivity index (χ0) is 13.2. The minimum atomic E-state index is -0.722. The lowest BCUT2D eigenvalue weighted by Crippen LogP contribution is -2.16. The lowest BCUT2D eigenvalue weighted by Gasteiger charge is -2.09. The number of nitrogens with one attached hydrogen (secondary N) is 1. The molecule has 0 fully saturated rings. The maximum atomic E-state index is 10.3. The number of aliphatic carboxylic acids is 1. The Morgan fingerprint density at radius 2 is 2.00 bits per heavy atom. The summed E-state index contributed by atoms with van der Waals surface area (Å²) in [4.78, 5) is 10.3. The molecule has 0 amide bonds. The van der Waals surface area contributed by atoms with Gasteiger partial charge >= 0.3 is 5.97 Å². The van der Waals surface area contributed by atoms with Gasteiger partial charge in [-0.1, -0.05) is 24.3 Å². The second-order valence-electron chi connectivity index (χ2n) is 4.23. The van der Waals surface area contributed by atoms with Crippen molar-refractivity contribution < 1.29 is 14.6 Å². The number of carboxylic acids is 1. The standard InChI is InChI=1S/C14H21NO3/c1-18-11-13-7-3-2-6-12(13)10-15-9-5-4-8-14(16)17/h2-3,6-7,15H,4-5,8-11H2,1H3,(H,16,17). The highest BCUT2D eigenvalue weighted by Crippen LogP contribution is 2.09. The van der Waals surface area contributed by atoms with Crippen molar-refractivity contribution in [2.75, 3.05) is 13.7 Å². The normalized spacial score (nSPS) is 10.5. The van der Waals surface area contributed by atoms with Crippen LogP contribution < -0.4 is 5.32 Å². The fourth-order valence-electron chi connectivity index (χ4n) is 1.78. The van der Waals surface area contributed by atoms with E-state index in [0.717, 1.165) is 25.9 Å². The first-order chi connectivity index (χ1) is 8.74. The lowest BCUT2D eigenvalue weighted by atomic mass is 10.1. The summed E-state index contributed by atoms with van der Waals surface area (Å²) in [6, 6.07) is 8.16. The van der Waals surface area contributed by atoms with Crippen LogP contribution in [0.2, 0.25) is 0 Å². The van der Waals surface area contributed by atoms with E-state index in [1.165, 1.54) is 11.1 Å². The molecule has 0 spiro atoms. The van der Waals surface area contributed by atoms with Crippen molar-refractivity contribution in [3.63, 3.8) is 0 Å². The minimum absolute atomic E-state index is 0.252. The summed E-state index contributed by atoms with van der Waals surface area (Å²) in [5.74, 6) is -0.722. The third-order valence-electron chi connectivity index (χ3n) is 2.73. The maximum Gasteiger partial charge on any atom is 0.303 e. The molecule has 1 aromatic rings. The van der Waals surface area contributed by atoms with Crippen LogP contribution in [0.1, 0.15) is 30.4 Å². The Bertz CT molecular complexity index is 366. The number of unbranched alkanes of at least 4 members (excludes halogenated alkanes) is 1. The molecule has 1 aromatic carbocycles. The highest BCUT2D eigenvalue weighted by atomic mass is 16.5. The molecule has 4 nitrogen and oxygen atoms in total. The molecule has 0 bridgehead atoms. The SMILES string of the molecule is COCc1ccccc1CNCCCCC(=O)O. The van der Waals surface area contributed by atoms with E-state index in [-0.39, 0.29) is 6.42 Å². The zero-order valence-electron chi connectivity index (χ0n) is 10.8. The van der Waals surface area contributed by atoms with Gasteiger partial charge in [0.05, 0.1) is 6.61 Å². The Morgan fingerprint density at radius 3 is 2.67 bits per heavy atom. The molecule has 0 aromatic heterocycles. The number of carbonyl (C=O) groups is 1. The van der Waals surface area contributed by atoms with E-state index in [0.29, 0.717) is 6.61 Å². The van der Waals surface area contributed by atoms with Gasteiger partial charge in [-0.25, -0.2) is 0 Å². The third kappa shape index (κ3) is 5.80. The lowest BCUT2D eigenvalue weighted by molar-refractivity contribution is -0.137. The fourth-order valence-corrected chi connectivity index (χ4v) is 1.78. The summed E-state index contributed by atoms with van der Waals surface area (Å²) in [5.41, 5.74) is 2.43. The molecule has 0 unspecified atom stereocenters. The first kappa shape index (κ1) is 14.7. The van der Waals surface area contributed by atoms with Gasteiger partial charge in [0.15, 0.2) is 0 Å². The Labute approximate surface area is 108 Å². The molecular formula is C14H21NO3. The molecule has 0 saturated carbocycles. The maximum absolute atomic E-state index is 10.3. The Balaban J connectivity index is 2.24. The van der Waals surface area contributed by atoms with Crippen LogP contribution in [0.5, 0.6) is 0 Å². The monoisotopic (exact) mass is 251 g/mol. The van der Waals surface area contributed by atoms with Crippen molar-refractivity contribution >= 4 is 5.97 Å². The van der Waals surface area contributed by atoms with Crippen molar-refractivity contribution in [1.82, 2.24) is 5.32 Å². The van der Waals surface area contributed by atoms with Crippen LogP contribution in [0.15, 0.2) is 24.3 Å². The molecule has 0 aliphatic heterocycles. The number of methoxy groups -OCH3 is 1. The van der Waals surface area contributed by atoms with Crippen LogP contribution in [0, 0.1) is 0 Å². The number of ether oxygens (including phenoxy) is 1. The Kier molecular flexibility index (Phi) is 7.06. The Morgan fingerprint density at radius 1 is 1.28 bits per heavy atom. The molecule has 18 heavy (non-hydrogen) atoms. The van der Waals surface area contributed by atoms with Crippen LogP contribution in [-0.4, -0.2) is 24.7 Å². The van der Waals surface area contributed by atoms with Gasteiger partial charge in [0.2, 0.25) is 0 Å². The van der Waals surface area contributed by atoms with Gasteiger partial charge in [0.1, 0.15) is 0 Å². The highest BCUT2D eigenvalue weighted by Gasteiger charge is 2.01. The predicted octanol–water partition coefficient (Wildman–Crippen LogP) is 2.18. The second kappa shape index (κ2) is 8.66. The van der Waals surface area contributed by atoms with Crippen LogP contribution in [-0.2, 0) is 22.7 Å². The average Bonchev–Trinajstić information content (AvgIpc) is 2.35. The molecule has 0 atom stereocenters. The summed E-state index contributed by atoms with van der Waals surface area (Å²) in [5, 5.41) is 11.8. The van der Waals surface area contributed by atoms with Crippen molar-refractivity contribution in [3.8, 4) is 0 Å². The summed E-state index contributed by atoms with van der Waals surface area (Å²) in [6.45, 7) is 2.26. The number of hydrogen-bond acceptors (Lipinski definition) is 3. The van der Waals surface area contributed by atoms with Gasteiger partial charge in [0, 0.05) is 20.1 Å². The average molecular weight is 251 g/mol. The quantitative estimate of drug-likeness (QED) is 0.660. The second-order valence-corrected chi connectivity index (χ2v) is 4.23. The van der Waals surface area contributed by atoms with Gasteiger partial charge in [-0.15, -0.1) is 0 Å². The van der Waals surface area contributed by atoms with E-state index in [1.54, 1.807) is 7.11 Å². The molecule has 2 N–H and O–H groups in total. The van der Waals surface area contributed by atoms with Crippen LogP contribution >= 0.6 is 0 Å². The summed E-state index contributed by atoms with van der Waals surface area (Å²) in [7, 11) is 1.69. The first-order valence-corrected chi connectivity index (χ1v) is 6.22. The molecule has 1 rings (SSSR count). The van der Waals surface area contributed by atoms with Crippen molar-refractivity contribution in [1.29, 1.82) is 0 Å². The molecule has 0 radical (unpaired) electrons. The van der Waals surface area contributed by atoms with E-state index in [4.69, 9.17) is 9.84 Å². The third-order valence-corrected chi connectivity index (χ3v) is 2.73. The van der Waals surface area contributed by atoms with E-state index < -0.39 is 5.97 Å². The number of benzene rings is 1. The molecule has 0 saturated heterocycles. The molecule has 0 heterocycles. The molecule has 4 heteroatoms. The number of carboxylic acid groups (broad SMARTS) is 1. The summed E-state index contributed by atoms with van der Waals surface area (Å²) >= 11 is 0. The molecular weight excluding hydrogens is 230 g/mol. The van der Waals surface area contributed by atoms with E-state index in [1.807, 2.05) is 12.1 Å². The number of hydrogen-bond donors (Lipinski definition) is 2. The van der Waals surface area contributed by atoms with Gasteiger partial charge in [-0.2, -0.15) is 0 Å². The number of rotatable bonds is 9. The Hall–Kier alpha value is -1.39. The van der Waals surface area contributed by atoms with E-state index in [9.17, 15) is 4.79 Å². The summed E-state index contributed by atoms with van der Waals surface area (Å²) < 4.78 is 5.15. The van der Waals surface area contributed by atoms with Gasteiger partial charge in [0.25, 0.3) is 0 Å². The zero-order valence-corrected chi connectivity index (χ0v) is 10.8.